The highest BCUT2D eigenvalue weighted by Gasteiger charge is 2.21. The van der Waals surface area contributed by atoms with Gasteiger partial charge in [0.05, 0.1) is 28.3 Å². The third-order valence-electron chi connectivity index (χ3n) is 5.61. The second-order valence-corrected chi connectivity index (χ2v) is 9.94. The van der Waals surface area contributed by atoms with Gasteiger partial charge >= 0.3 is 5.97 Å². The molecule has 0 N–H and O–H groups in total. The summed E-state index contributed by atoms with van der Waals surface area (Å²) in [4.78, 5) is 12.1. The first-order valence-electron chi connectivity index (χ1n) is 10.1. The first kappa shape index (κ1) is 23.0. The number of sulfone groups is 1. The third-order valence-corrected chi connectivity index (χ3v) is 7.88. The Morgan fingerprint density at radius 1 is 1.00 bits per heavy atom. The van der Waals surface area contributed by atoms with E-state index in [0.29, 0.717) is 10.9 Å². The molecule has 4 nitrogen and oxygen atoms in total. The number of benzene rings is 4. The van der Waals surface area contributed by atoms with Crippen LogP contribution in [0.2, 0.25) is 5.02 Å². The molecule has 0 saturated carbocycles. The molecule has 4 aromatic carbocycles. The van der Waals surface area contributed by atoms with Gasteiger partial charge in [0.25, 0.3) is 0 Å². The molecule has 0 heterocycles. The molecule has 0 saturated heterocycles. The Kier molecular flexibility index (Phi) is 6.23. The zero-order valence-electron chi connectivity index (χ0n) is 17.9. The number of carbonyl (C=O) groups is 1. The molecule has 4 rings (SSSR count). The Morgan fingerprint density at radius 3 is 2.36 bits per heavy atom. The van der Waals surface area contributed by atoms with Gasteiger partial charge in [-0.05, 0) is 76.3 Å². The lowest BCUT2D eigenvalue weighted by Gasteiger charge is -2.16. The minimum absolute atomic E-state index is 0.0307. The molecule has 0 atom stereocenters. The number of esters is 1. The van der Waals surface area contributed by atoms with Crippen molar-refractivity contribution in [3.63, 3.8) is 0 Å². The van der Waals surface area contributed by atoms with E-state index in [1.807, 2.05) is 13.0 Å². The molecule has 0 aromatic heterocycles. The molecule has 0 bridgehead atoms. The fraction of sp³-hybridized carbons (Fsp3) is 0.115. The molecule has 4 aromatic rings. The number of carbonyl (C=O) groups excluding carboxylic acids is 1. The molecule has 0 aliphatic heterocycles. The normalized spacial score (nSPS) is 11.5. The van der Waals surface area contributed by atoms with Gasteiger partial charge in [0.15, 0.2) is 0 Å². The minimum atomic E-state index is -3.81. The number of methoxy groups -OCH3 is 1. The smallest absolute Gasteiger partial charge is 0.309 e. The van der Waals surface area contributed by atoms with E-state index in [-0.39, 0.29) is 33.0 Å². The Morgan fingerprint density at radius 2 is 1.70 bits per heavy atom. The van der Waals surface area contributed by atoms with Gasteiger partial charge in [-0.15, -0.1) is 0 Å². The number of ether oxygens (including phenoxy) is 1. The van der Waals surface area contributed by atoms with Crippen molar-refractivity contribution in [1.29, 1.82) is 0 Å². The third kappa shape index (κ3) is 4.36. The van der Waals surface area contributed by atoms with E-state index in [1.165, 1.54) is 43.5 Å². The van der Waals surface area contributed by atoms with Crippen LogP contribution >= 0.6 is 11.6 Å². The zero-order valence-corrected chi connectivity index (χ0v) is 19.5. The summed E-state index contributed by atoms with van der Waals surface area (Å²) >= 11 is 6.11. The average Bonchev–Trinajstić information content (AvgIpc) is 2.80. The predicted molar refractivity (Wildman–Crippen MR) is 127 cm³/mol. The van der Waals surface area contributed by atoms with Gasteiger partial charge < -0.3 is 4.74 Å². The van der Waals surface area contributed by atoms with Gasteiger partial charge in [0.2, 0.25) is 9.84 Å². The van der Waals surface area contributed by atoms with Crippen molar-refractivity contribution in [3.8, 4) is 11.1 Å². The maximum atomic E-state index is 14.1. The van der Waals surface area contributed by atoms with Crippen LogP contribution in [0.15, 0.2) is 82.6 Å². The molecule has 0 aliphatic rings. The number of halogens is 2. The second-order valence-electron chi connectivity index (χ2n) is 7.61. The first-order valence-corrected chi connectivity index (χ1v) is 12.0. The summed E-state index contributed by atoms with van der Waals surface area (Å²) in [6.45, 7) is 1.85. The molecule has 0 unspecified atom stereocenters. The summed E-state index contributed by atoms with van der Waals surface area (Å²) in [7, 11) is -2.48. The lowest BCUT2D eigenvalue weighted by molar-refractivity contribution is -0.139. The van der Waals surface area contributed by atoms with Crippen molar-refractivity contribution in [3.05, 3.63) is 94.8 Å². The van der Waals surface area contributed by atoms with Crippen LogP contribution in [0.1, 0.15) is 11.1 Å². The lowest BCUT2D eigenvalue weighted by Crippen LogP contribution is -2.07. The zero-order chi connectivity index (χ0) is 23.8. The van der Waals surface area contributed by atoms with E-state index >= 15 is 0 Å². The van der Waals surface area contributed by atoms with Gasteiger partial charge in [-0.1, -0.05) is 48.0 Å². The van der Waals surface area contributed by atoms with Crippen molar-refractivity contribution in [1.82, 2.24) is 0 Å². The number of hydrogen-bond acceptors (Lipinski definition) is 4. The number of fused-ring (bicyclic) bond motifs is 1. The predicted octanol–water partition coefficient (Wildman–Crippen LogP) is 6.16. The maximum absolute atomic E-state index is 14.1. The summed E-state index contributed by atoms with van der Waals surface area (Å²) in [5.74, 6) is -0.770. The largest absolute Gasteiger partial charge is 0.469 e. The van der Waals surface area contributed by atoms with E-state index in [9.17, 15) is 17.6 Å². The highest BCUT2D eigenvalue weighted by Crippen LogP contribution is 2.36. The van der Waals surface area contributed by atoms with Crippen molar-refractivity contribution in [2.24, 2.45) is 0 Å². The van der Waals surface area contributed by atoms with Crippen LogP contribution in [0.3, 0.4) is 0 Å². The summed E-state index contributed by atoms with van der Waals surface area (Å²) in [6.07, 6.45) is 0.0711. The summed E-state index contributed by atoms with van der Waals surface area (Å²) in [6, 6.07) is 18.9. The average molecular weight is 483 g/mol. The Bertz CT molecular complexity index is 1480. The van der Waals surface area contributed by atoms with E-state index in [0.717, 1.165) is 22.1 Å². The minimum Gasteiger partial charge on any atom is -0.469 e. The van der Waals surface area contributed by atoms with E-state index in [4.69, 9.17) is 16.3 Å². The van der Waals surface area contributed by atoms with Gasteiger partial charge in [-0.3, -0.25) is 4.79 Å². The van der Waals surface area contributed by atoms with Crippen LogP contribution in [0.5, 0.6) is 0 Å². The quantitative estimate of drug-likeness (QED) is 0.320. The summed E-state index contributed by atoms with van der Waals surface area (Å²) in [5.41, 5.74) is 2.98. The highest BCUT2D eigenvalue weighted by molar-refractivity contribution is 7.91. The maximum Gasteiger partial charge on any atom is 0.309 e. The molecule has 0 radical (unpaired) electrons. The topological polar surface area (TPSA) is 60.4 Å². The number of hydrogen-bond donors (Lipinski definition) is 0. The summed E-state index contributed by atoms with van der Waals surface area (Å²) in [5, 5.41) is 1.58. The molecule has 0 aliphatic carbocycles. The van der Waals surface area contributed by atoms with Gasteiger partial charge in [-0.2, -0.15) is 0 Å². The molecule has 7 heteroatoms. The standard InChI is InChI=1S/C26H20ClFO4S/c1-16-19(14-25(29)32-2)13-18-7-10-20(28)15-22(18)26(16)17-8-11-21(12-9-17)33(30,31)24-6-4-3-5-23(24)27/h3-13,15H,14H2,1-2H3. The molecular formula is C26H20ClFO4S. The van der Waals surface area contributed by atoms with Crippen LogP contribution in [-0.4, -0.2) is 21.5 Å². The van der Waals surface area contributed by atoms with E-state index in [2.05, 4.69) is 0 Å². The highest BCUT2D eigenvalue weighted by atomic mass is 35.5. The van der Waals surface area contributed by atoms with Crippen LogP contribution in [0.4, 0.5) is 4.39 Å². The van der Waals surface area contributed by atoms with Crippen molar-refractivity contribution >= 4 is 38.2 Å². The lowest BCUT2D eigenvalue weighted by atomic mass is 9.89. The molecule has 0 spiro atoms. The van der Waals surface area contributed by atoms with Gasteiger partial charge in [0.1, 0.15) is 5.82 Å². The molecule has 168 valence electrons. The van der Waals surface area contributed by atoms with Crippen LogP contribution in [0.25, 0.3) is 21.9 Å². The molecular weight excluding hydrogens is 463 g/mol. The Labute approximate surface area is 196 Å². The van der Waals surface area contributed by atoms with E-state index in [1.54, 1.807) is 30.3 Å². The number of rotatable bonds is 5. The summed E-state index contributed by atoms with van der Waals surface area (Å²) < 4.78 is 45.0. The van der Waals surface area contributed by atoms with E-state index < -0.39 is 9.84 Å². The molecule has 33 heavy (non-hydrogen) atoms. The first-order chi connectivity index (χ1) is 15.7. The van der Waals surface area contributed by atoms with Gasteiger partial charge in [-0.25, -0.2) is 12.8 Å². The van der Waals surface area contributed by atoms with Crippen LogP contribution in [0, 0.1) is 12.7 Å². The fourth-order valence-electron chi connectivity index (χ4n) is 3.90. The van der Waals surface area contributed by atoms with Crippen molar-refractivity contribution in [2.75, 3.05) is 7.11 Å². The van der Waals surface area contributed by atoms with Gasteiger partial charge in [0, 0.05) is 0 Å². The van der Waals surface area contributed by atoms with Crippen molar-refractivity contribution < 1.29 is 22.3 Å². The molecule has 0 fully saturated rings. The van der Waals surface area contributed by atoms with Crippen LogP contribution in [-0.2, 0) is 25.8 Å². The van der Waals surface area contributed by atoms with Crippen molar-refractivity contribution in [2.45, 2.75) is 23.1 Å². The van der Waals surface area contributed by atoms with Crippen LogP contribution < -0.4 is 0 Å². The monoisotopic (exact) mass is 482 g/mol. The molecule has 0 amide bonds. The SMILES string of the molecule is COC(=O)Cc1cc2ccc(F)cc2c(-c2ccc(S(=O)(=O)c3ccccc3Cl)cc2)c1C. The second kappa shape index (κ2) is 8.96. The Balaban J connectivity index is 1.87. The Hall–Kier alpha value is -3.22. The fourth-order valence-corrected chi connectivity index (χ4v) is 5.67.